The molecule has 68 valence electrons. The fourth-order valence-corrected chi connectivity index (χ4v) is 1.78. The molecule has 0 aromatic carbocycles. The van der Waals surface area contributed by atoms with Gasteiger partial charge in [-0.3, -0.25) is 0 Å². The summed E-state index contributed by atoms with van der Waals surface area (Å²) in [5.41, 5.74) is 5.54. The van der Waals surface area contributed by atoms with E-state index in [9.17, 15) is 13.2 Å². The van der Waals surface area contributed by atoms with Crippen molar-refractivity contribution in [2.75, 3.05) is 0 Å². The number of rotatable bonds is 1. The van der Waals surface area contributed by atoms with Gasteiger partial charge in [-0.25, -0.2) is 0 Å². The first-order valence-corrected chi connectivity index (χ1v) is 4.21. The molecular formula is C7H8F3NS. The van der Waals surface area contributed by atoms with E-state index in [1.54, 1.807) is 0 Å². The average molecular weight is 195 g/mol. The Morgan fingerprint density at radius 1 is 1.50 bits per heavy atom. The first-order valence-electron chi connectivity index (χ1n) is 3.33. The van der Waals surface area contributed by atoms with Crippen LogP contribution in [0.2, 0.25) is 0 Å². The summed E-state index contributed by atoms with van der Waals surface area (Å²) in [4.78, 5) is -0.586. The lowest BCUT2D eigenvalue weighted by Crippen LogP contribution is -2.11. The van der Waals surface area contributed by atoms with Crippen LogP contribution in [-0.2, 0) is 6.18 Å². The molecule has 0 saturated carbocycles. The van der Waals surface area contributed by atoms with Gasteiger partial charge in [0.1, 0.15) is 4.88 Å². The van der Waals surface area contributed by atoms with Gasteiger partial charge in [-0.05, 0) is 23.9 Å². The minimum atomic E-state index is -4.27. The molecule has 1 aromatic heterocycles. The van der Waals surface area contributed by atoms with Crippen LogP contribution in [0.5, 0.6) is 0 Å². The highest BCUT2D eigenvalue weighted by atomic mass is 32.1. The van der Waals surface area contributed by atoms with Gasteiger partial charge in [-0.1, -0.05) is 0 Å². The van der Waals surface area contributed by atoms with E-state index in [1.807, 2.05) is 0 Å². The largest absolute Gasteiger partial charge is 0.425 e. The van der Waals surface area contributed by atoms with Gasteiger partial charge < -0.3 is 5.73 Å². The Morgan fingerprint density at radius 2 is 2.08 bits per heavy atom. The summed E-state index contributed by atoms with van der Waals surface area (Å²) in [5.74, 6) is 0. The van der Waals surface area contributed by atoms with Crippen molar-refractivity contribution in [2.45, 2.75) is 19.1 Å². The summed E-state index contributed by atoms with van der Waals surface area (Å²) in [6.45, 7) is 1.54. The molecule has 0 aliphatic carbocycles. The molecule has 5 heteroatoms. The first kappa shape index (κ1) is 9.54. The van der Waals surface area contributed by atoms with Crippen molar-refractivity contribution in [1.82, 2.24) is 0 Å². The molecule has 0 spiro atoms. The van der Waals surface area contributed by atoms with E-state index in [0.717, 1.165) is 0 Å². The highest BCUT2D eigenvalue weighted by Crippen LogP contribution is 2.37. The molecule has 1 atom stereocenters. The quantitative estimate of drug-likeness (QED) is 0.732. The molecule has 0 radical (unpaired) electrons. The third kappa shape index (κ3) is 1.78. The van der Waals surface area contributed by atoms with E-state index < -0.39 is 17.1 Å². The smallest absolute Gasteiger partial charge is 0.324 e. The minimum absolute atomic E-state index is 0.174. The van der Waals surface area contributed by atoms with E-state index in [4.69, 9.17) is 5.73 Å². The summed E-state index contributed by atoms with van der Waals surface area (Å²) >= 11 is 0.680. The van der Waals surface area contributed by atoms with Gasteiger partial charge in [0.15, 0.2) is 0 Å². The molecular weight excluding hydrogens is 187 g/mol. The van der Waals surface area contributed by atoms with E-state index in [-0.39, 0.29) is 5.56 Å². The minimum Gasteiger partial charge on any atom is -0.324 e. The SMILES string of the molecule is C[C@@H](N)c1ccsc1C(F)(F)F. The molecule has 1 heterocycles. The Hall–Kier alpha value is -0.550. The van der Waals surface area contributed by atoms with Crippen molar-refractivity contribution in [1.29, 1.82) is 0 Å². The van der Waals surface area contributed by atoms with Crippen molar-refractivity contribution in [3.05, 3.63) is 21.9 Å². The maximum absolute atomic E-state index is 12.2. The van der Waals surface area contributed by atoms with Crippen LogP contribution in [0, 0.1) is 0 Å². The molecule has 1 rings (SSSR count). The molecule has 1 aromatic rings. The van der Waals surface area contributed by atoms with Crippen molar-refractivity contribution >= 4 is 11.3 Å². The molecule has 1 nitrogen and oxygen atoms in total. The zero-order valence-corrected chi connectivity index (χ0v) is 7.17. The van der Waals surface area contributed by atoms with Crippen molar-refractivity contribution < 1.29 is 13.2 Å². The second-order valence-corrected chi connectivity index (χ2v) is 3.41. The molecule has 0 aliphatic heterocycles. The molecule has 0 amide bonds. The predicted molar refractivity (Wildman–Crippen MR) is 41.9 cm³/mol. The van der Waals surface area contributed by atoms with Gasteiger partial charge in [0, 0.05) is 6.04 Å². The molecule has 0 saturated heterocycles. The van der Waals surface area contributed by atoms with Crippen LogP contribution in [0.1, 0.15) is 23.4 Å². The molecule has 12 heavy (non-hydrogen) atoms. The van der Waals surface area contributed by atoms with Crippen LogP contribution in [0.4, 0.5) is 13.2 Å². The third-order valence-corrected chi connectivity index (χ3v) is 2.42. The average Bonchev–Trinajstić information content (AvgIpc) is 2.30. The Balaban J connectivity index is 3.08. The second kappa shape index (κ2) is 3.06. The van der Waals surface area contributed by atoms with Gasteiger partial charge in [-0.2, -0.15) is 13.2 Å². The number of alkyl halides is 3. The summed E-state index contributed by atoms with van der Waals surface area (Å²) in [6, 6.07) is 0.853. The lowest BCUT2D eigenvalue weighted by atomic mass is 10.1. The molecule has 0 aliphatic rings. The van der Waals surface area contributed by atoms with E-state index in [1.165, 1.54) is 18.4 Å². The number of nitrogens with two attached hydrogens (primary N) is 1. The lowest BCUT2D eigenvalue weighted by Gasteiger charge is -2.09. The van der Waals surface area contributed by atoms with Gasteiger partial charge in [-0.15, -0.1) is 11.3 Å². The fraction of sp³-hybridized carbons (Fsp3) is 0.429. The van der Waals surface area contributed by atoms with Gasteiger partial charge in [0.2, 0.25) is 0 Å². The van der Waals surface area contributed by atoms with Crippen molar-refractivity contribution in [3.8, 4) is 0 Å². The van der Waals surface area contributed by atoms with Gasteiger partial charge in [0.05, 0.1) is 0 Å². The van der Waals surface area contributed by atoms with Crippen LogP contribution in [-0.4, -0.2) is 0 Å². The zero-order chi connectivity index (χ0) is 9.35. The summed E-state index contributed by atoms with van der Waals surface area (Å²) in [7, 11) is 0. The maximum Gasteiger partial charge on any atom is 0.425 e. The number of hydrogen-bond acceptors (Lipinski definition) is 2. The summed E-state index contributed by atoms with van der Waals surface area (Å²) < 4.78 is 36.6. The number of hydrogen-bond donors (Lipinski definition) is 1. The van der Waals surface area contributed by atoms with Crippen LogP contribution < -0.4 is 5.73 Å². The first-order chi connectivity index (χ1) is 5.43. The fourth-order valence-electron chi connectivity index (χ4n) is 0.908. The Labute approximate surface area is 72.0 Å². The predicted octanol–water partition coefficient (Wildman–Crippen LogP) is 2.79. The van der Waals surface area contributed by atoms with Crippen LogP contribution in [0.15, 0.2) is 11.4 Å². The Kier molecular flexibility index (Phi) is 2.44. The molecule has 0 unspecified atom stereocenters. The molecule has 0 bridgehead atoms. The van der Waals surface area contributed by atoms with E-state index in [0.29, 0.717) is 11.3 Å². The van der Waals surface area contributed by atoms with Crippen molar-refractivity contribution in [3.63, 3.8) is 0 Å². The summed E-state index contributed by atoms with van der Waals surface area (Å²) in [6.07, 6.45) is -4.27. The Morgan fingerprint density at radius 3 is 2.42 bits per heavy atom. The van der Waals surface area contributed by atoms with E-state index in [2.05, 4.69) is 0 Å². The van der Waals surface area contributed by atoms with Crippen molar-refractivity contribution in [2.24, 2.45) is 5.73 Å². The van der Waals surface area contributed by atoms with Crippen LogP contribution >= 0.6 is 11.3 Å². The number of thiophene rings is 1. The highest BCUT2D eigenvalue weighted by molar-refractivity contribution is 7.10. The monoisotopic (exact) mass is 195 g/mol. The standard InChI is InChI=1S/C7H8F3NS/c1-4(11)5-2-3-12-6(5)7(8,9)10/h2-4H,11H2,1H3/t4-/m1/s1. The van der Waals surface area contributed by atoms with Crippen LogP contribution in [0.3, 0.4) is 0 Å². The number of halogens is 3. The third-order valence-electron chi connectivity index (χ3n) is 1.44. The van der Waals surface area contributed by atoms with Gasteiger partial charge in [0.25, 0.3) is 0 Å². The normalized spacial score (nSPS) is 14.8. The zero-order valence-electron chi connectivity index (χ0n) is 6.35. The van der Waals surface area contributed by atoms with E-state index >= 15 is 0 Å². The lowest BCUT2D eigenvalue weighted by molar-refractivity contribution is -0.135. The summed E-state index contributed by atoms with van der Waals surface area (Å²) in [5, 5.41) is 1.40. The van der Waals surface area contributed by atoms with Crippen LogP contribution in [0.25, 0.3) is 0 Å². The van der Waals surface area contributed by atoms with Gasteiger partial charge >= 0.3 is 6.18 Å². The topological polar surface area (TPSA) is 26.0 Å². The second-order valence-electron chi connectivity index (χ2n) is 2.49. The maximum atomic E-state index is 12.2. The molecule has 2 N–H and O–H groups in total. The Bertz CT molecular complexity index is 264. The highest BCUT2D eigenvalue weighted by Gasteiger charge is 2.35. The molecule has 0 fully saturated rings.